The highest BCUT2D eigenvalue weighted by molar-refractivity contribution is 7.22. The maximum Gasteiger partial charge on any atom is 0.181 e. The topological polar surface area (TPSA) is 81.7 Å². The molecule has 0 aliphatic carbocycles. The van der Waals surface area contributed by atoms with Gasteiger partial charge in [0.25, 0.3) is 0 Å². The van der Waals surface area contributed by atoms with Crippen molar-refractivity contribution in [3.8, 4) is 11.1 Å². The number of benzene rings is 2. The fourth-order valence-corrected chi connectivity index (χ4v) is 5.23. The molecule has 0 atom stereocenters. The van der Waals surface area contributed by atoms with Crippen LogP contribution in [0.25, 0.3) is 43.3 Å². The Bertz CT molecular complexity index is 1560. The summed E-state index contributed by atoms with van der Waals surface area (Å²) in [5, 5.41) is 3.71. The van der Waals surface area contributed by atoms with Crippen molar-refractivity contribution in [3.63, 3.8) is 0 Å². The van der Waals surface area contributed by atoms with Crippen LogP contribution in [0.5, 0.6) is 0 Å². The van der Waals surface area contributed by atoms with E-state index in [0.29, 0.717) is 30.1 Å². The summed E-state index contributed by atoms with van der Waals surface area (Å²) < 4.78 is 46.9. The molecule has 11 heteroatoms. The number of hydrogen-bond acceptors (Lipinski definition) is 6. The van der Waals surface area contributed by atoms with Crippen LogP contribution in [0.1, 0.15) is 5.82 Å². The van der Waals surface area contributed by atoms with Gasteiger partial charge in [0.05, 0.1) is 33.5 Å². The standard InChI is InChI=1S/C20H12ClF3N6S/c21-8-3-7-16(27-5-11-18(7)30-2-1-26-6-12(30)28-11)15(24)13(8)14-9(22)4-10(23)19-17(14)29-20(25)31-19/h3-5,26H,1-2,6H2,(H2,25,29). The second-order valence-corrected chi connectivity index (χ2v) is 8.67. The van der Waals surface area contributed by atoms with Crippen LogP contribution in [0.15, 0.2) is 18.3 Å². The number of nitrogen functional groups attached to an aromatic ring is 1. The predicted octanol–water partition coefficient (Wildman–Crippen LogP) is 4.62. The summed E-state index contributed by atoms with van der Waals surface area (Å²) in [6, 6.07) is 2.23. The van der Waals surface area contributed by atoms with Crippen molar-refractivity contribution < 1.29 is 13.2 Å². The van der Waals surface area contributed by atoms with E-state index in [9.17, 15) is 8.78 Å². The van der Waals surface area contributed by atoms with E-state index in [0.717, 1.165) is 29.2 Å². The molecule has 31 heavy (non-hydrogen) atoms. The van der Waals surface area contributed by atoms with E-state index in [-0.39, 0.29) is 37.0 Å². The van der Waals surface area contributed by atoms with Gasteiger partial charge in [0, 0.05) is 35.7 Å². The molecule has 1 aliphatic heterocycles. The fraction of sp³-hybridized carbons (Fsp3) is 0.150. The van der Waals surface area contributed by atoms with Gasteiger partial charge < -0.3 is 15.6 Å². The molecule has 0 fully saturated rings. The molecule has 0 spiro atoms. The average molecular weight is 461 g/mol. The van der Waals surface area contributed by atoms with Crippen LogP contribution >= 0.6 is 22.9 Å². The van der Waals surface area contributed by atoms with Gasteiger partial charge in [-0.1, -0.05) is 22.9 Å². The SMILES string of the molecule is Nc1nc2c(-c3c(Cl)cc4c(ncc5nc6n(c54)CCNC6)c3F)c(F)cc(F)c2s1. The average Bonchev–Trinajstić information content (AvgIpc) is 3.30. The number of pyridine rings is 1. The number of aromatic nitrogens is 4. The molecular formula is C20H12ClF3N6S. The molecule has 4 heterocycles. The Hall–Kier alpha value is -2.95. The number of nitrogens with two attached hydrogens (primary N) is 1. The minimum absolute atomic E-state index is 0.0215. The summed E-state index contributed by atoms with van der Waals surface area (Å²) in [6.45, 7) is 2.01. The third kappa shape index (κ3) is 2.58. The zero-order valence-corrected chi connectivity index (χ0v) is 17.2. The molecule has 3 aromatic heterocycles. The molecule has 0 radical (unpaired) electrons. The first-order valence-electron chi connectivity index (χ1n) is 9.35. The van der Waals surface area contributed by atoms with E-state index in [1.807, 2.05) is 4.57 Å². The maximum atomic E-state index is 15.8. The molecular weight excluding hydrogens is 449 g/mol. The van der Waals surface area contributed by atoms with Crippen molar-refractivity contribution in [2.75, 3.05) is 12.3 Å². The Morgan fingerprint density at radius 3 is 2.77 bits per heavy atom. The molecule has 6 rings (SSSR count). The summed E-state index contributed by atoms with van der Waals surface area (Å²) in [4.78, 5) is 12.8. The summed E-state index contributed by atoms with van der Waals surface area (Å²) >= 11 is 7.34. The number of thiazole rings is 1. The monoisotopic (exact) mass is 460 g/mol. The maximum absolute atomic E-state index is 15.8. The minimum Gasteiger partial charge on any atom is -0.375 e. The third-order valence-corrected chi connectivity index (χ3v) is 6.66. The molecule has 2 aromatic carbocycles. The molecule has 0 saturated carbocycles. The predicted molar refractivity (Wildman–Crippen MR) is 115 cm³/mol. The normalized spacial score (nSPS) is 14.1. The molecule has 156 valence electrons. The van der Waals surface area contributed by atoms with E-state index in [1.54, 1.807) is 6.07 Å². The molecule has 0 saturated heterocycles. The van der Waals surface area contributed by atoms with Crippen LogP contribution in [0.3, 0.4) is 0 Å². The van der Waals surface area contributed by atoms with Gasteiger partial charge in [0.2, 0.25) is 0 Å². The highest BCUT2D eigenvalue weighted by Gasteiger charge is 2.26. The second kappa shape index (κ2) is 6.52. The number of rotatable bonds is 1. The van der Waals surface area contributed by atoms with Crippen molar-refractivity contribution in [2.24, 2.45) is 0 Å². The van der Waals surface area contributed by atoms with Crippen LogP contribution in [-0.2, 0) is 13.1 Å². The van der Waals surface area contributed by atoms with Gasteiger partial charge in [-0.25, -0.2) is 23.1 Å². The van der Waals surface area contributed by atoms with Gasteiger partial charge in [-0.2, -0.15) is 0 Å². The third-order valence-electron chi connectivity index (χ3n) is 5.47. The van der Waals surface area contributed by atoms with E-state index in [1.165, 1.54) is 6.20 Å². The molecule has 3 N–H and O–H groups in total. The Labute approximate surface area is 181 Å². The second-order valence-electron chi connectivity index (χ2n) is 7.24. The van der Waals surface area contributed by atoms with Gasteiger partial charge in [0.15, 0.2) is 10.9 Å². The lowest BCUT2D eigenvalue weighted by Gasteiger charge is -2.17. The summed E-state index contributed by atoms with van der Waals surface area (Å²) in [5.74, 6) is -1.79. The smallest absolute Gasteiger partial charge is 0.181 e. The van der Waals surface area contributed by atoms with E-state index in [2.05, 4.69) is 20.3 Å². The first kappa shape index (κ1) is 18.8. The first-order chi connectivity index (χ1) is 14.9. The summed E-state index contributed by atoms with van der Waals surface area (Å²) in [6.07, 6.45) is 1.49. The minimum atomic E-state index is -0.982. The lowest BCUT2D eigenvalue weighted by molar-refractivity contribution is 0.515. The van der Waals surface area contributed by atoms with Crippen LogP contribution in [0.2, 0.25) is 5.02 Å². The van der Waals surface area contributed by atoms with Crippen molar-refractivity contribution >= 4 is 60.2 Å². The lowest BCUT2D eigenvalue weighted by atomic mass is 10.00. The van der Waals surface area contributed by atoms with Crippen molar-refractivity contribution in [1.82, 2.24) is 24.8 Å². The van der Waals surface area contributed by atoms with Crippen LogP contribution in [0.4, 0.5) is 18.3 Å². The Morgan fingerprint density at radius 2 is 1.94 bits per heavy atom. The zero-order chi connectivity index (χ0) is 21.4. The van der Waals surface area contributed by atoms with Crippen LogP contribution in [0, 0.1) is 17.5 Å². The number of halogens is 4. The number of anilines is 1. The fourth-order valence-electron chi connectivity index (χ4n) is 4.20. The van der Waals surface area contributed by atoms with Crippen molar-refractivity contribution in [3.05, 3.63) is 46.6 Å². The van der Waals surface area contributed by atoms with Crippen LogP contribution < -0.4 is 11.1 Å². The first-order valence-corrected chi connectivity index (χ1v) is 10.5. The molecule has 0 amide bonds. The van der Waals surface area contributed by atoms with E-state index < -0.39 is 17.5 Å². The number of nitrogens with one attached hydrogen (secondary N) is 1. The summed E-state index contributed by atoms with van der Waals surface area (Å²) in [7, 11) is 0. The Kier molecular flexibility index (Phi) is 3.95. The van der Waals surface area contributed by atoms with E-state index in [4.69, 9.17) is 17.3 Å². The van der Waals surface area contributed by atoms with Gasteiger partial charge in [-0.05, 0) is 6.07 Å². The number of hydrogen-bond donors (Lipinski definition) is 2. The number of nitrogens with zero attached hydrogens (tertiary/aromatic N) is 4. The Balaban J connectivity index is 1.72. The molecule has 6 nitrogen and oxygen atoms in total. The number of fused-ring (bicyclic) bond motifs is 6. The Morgan fingerprint density at radius 1 is 1.10 bits per heavy atom. The van der Waals surface area contributed by atoms with Gasteiger partial charge in [0.1, 0.15) is 28.5 Å². The quantitative estimate of drug-likeness (QED) is 0.381. The van der Waals surface area contributed by atoms with E-state index >= 15 is 4.39 Å². The lowest BCUT2D eigenvalue weighted by Crippen LogP contribution is -2.28. The van der Waals surface area contributed by atoms with Gasteiger partial charge in [-0.3, -0.25) is 4.98 Å². The van der Waals surface area contributed by atoms with Gasteiger partial charge >= 0.3 is 0 Å². The molecule has 0 bridgehead atoms. The van der Waals surface area contributed by atoms with Crippen LogP contribution in [-0.4, -0.2) is 26.1 Å². The van der Waals surface area contributed by atoms with Gasteiger partial charge in [-0.15, -0.1) is 0 Å². The molecule has 0 unspecified atom stereocenters. The van der Waals surface area contributed by atoms with Crippen molar-refractivity contribution in [1.29, 1.82) is 0 Å². The molecule has 5 aromatic rings. The highest BCUT2D eigenvalue weighted by Crippen LogP contribution is 2.43. The highest BCUT2D eigenvalue weighted by atomic mass is 35.5. The van der Waals surface area contributed by atoms with Crippen molar-refractivity contribution in [2.45, 2.75) is 13.1 Å². The number of imidazole rings is 1. The largest absolute Gasteiger partial charge is 0.375 e. The summed E-state index contributed by atoms with van der Waals surface area (Å²) in [5.41, 5.74) is 6.52. The zero-order valence-electron chi connectivity index (χ0n) is 15.6. The molecule has 1 aliphatic rings.